The van der Waals surface area contributed by atoms with Gasteiger partial charge in [-0.1, -0.05) is 11.6 Å². The maximum atomic E-state index is 12.4. The van der Waals surface area contributed by atoms with Gasteiger partial charge in [-0.2, -0.15) is 0 Å². The van der Waals surface area contributed by atoms with Crippen LogP contribution in [0.25, 0.3) is 0 Å². The van der Waals surface area contributed by atoms with E-state index in [4.69, 9.17) is 26.8 Å². The molecule has 1 aromatic carbocycles. The lowest BCUT2D eigenvalue weighted by Crippen LogP contribution is -2.46. The van der Waals surface area contributed by atoms with E-state index in [1.54, 1.807) is 13.2 Å². The third-order valence-corrected chi connectivity index (χ3v) is 4.28. The van der Waals surface area contributed by atoms with E-state index in [1.807, 2.05) is 0 Å². The van der Waals surface area contributed by atoms with Crippen molar-refractivity contribution < 1.29 is 14.3 Å². The molecule has 0 unspecified atom stereocenters. The number of hydrogen-bond donors (Lipinski definition) is 3. The standard InChI is InChI=1S/C15H22ClN3O3.2ClH/c1-21-13-6-12(17)11(16)5-10(13)15(20)19-7-9-3-4-18-8-14(9)22-2;;/h5-6,9,14,18H,3-4,7-8,17H2,1-2H3,(H,19,20);2*1H/t9-,14-;;/m1../s1. The number of carbonyl (C=O) groups excluding carboxylic acids is 1. The first-order valence-corrected chi connectivity index (χ1v) is 7.59. The summed E-state index contributed by atoms with van der Waals surface area (Å²) >= 11 is 5.99. The molecule has 138 valence electrons. The lowest BCUT2D eigenvalue weighted by atomic mass is 9.95. The van der Waals surface area contributed by atoms with Crippen LogP contribution in [0.15, 0.2) is 12.1 Å². The molecule has 1 aliphatic rings. The first-order valence-electron chi connectivity index (χ1n) is 7.21. The lowest BCUT2D eigenvalue weighted by Gasteiger charge is -2.31. The van der Waals surface area contributed by atoms with Crippen LogP contribution in [0.4, 0.5) is 5.69 Å². The van der Waals surface area contributed by atoms with Crippen LogP contribution < -0.4 is 21.1 Å². The van der Waals surface area contributed by atoms with Crippen molar-refractivity contribution in [2.45, 2.75) is 12.5 Å². The Morgan fingerprint density at radius 3 is 2.75 bits per heavy atom. The first-order chi connectivity index (χ1) is 10.6. The minimum Gasteiger partial charge on any atom is -0.496 e. The van der Waals surface area contributed by atoms with Gasteiger partial charge in [0.25, 0.3) is 5.91 Å². The smallest absolute Gasteiger partial charge is 0.255 e. The van der Waals surface area contributed by atoms with Crippen LogP contribution in [0, 0.1) is 5.92 Å². The number of rotatable bonds is 5. The molecule has 24 heavy (non-hydrogen) atoms. The number of amides is 1. The van der Waals surface area contributed by atoms with Crippen molar-refractivity contribution in [3.05, 3.63) is 22.7 Å². The molecule has 0 aliphatic carbocycles. The molecule has 2 rings (SSSR count). The molecule has 0 bridgehead atoms. The van der Waals surface area contributed by atoms with E-state index in [-0.39, 0.29) is 42.7 Å². The number of carbonyl (C=O) groups is 1. The average Bonchev–Trinajstić information content (AvgIpc) is 2.54. The number of anilines is 1. The van der Waals surface area contributed by atoms with E-state index in [0.717, 1.165) is 19.5 Å². The van der Waals surface area contributed by atoms with Gasteiger partial charge in [0.2, 0.25) is 0 Å². The molecule has 1 heterocycles. The predicted molar refractivity (Wildman–Crippen MR) is 101 cm³/mol. The van der Waals surface area contributed by atoms with Gasteiger partial charge in [-0.25, -0.2) is 0 Å². The number of hydrogen-bond acceptors (Lipinski definition) is 5. The van der Waals surface area contributed by atoms with Gasteiger partial charge in [0.1, 0.15) is 5.75 Å². The maximum absolute atomic E-state index is 12.4. The summed E-state index contributed by atoms with van der Waals surface area (Å²) < 4.78 is 10.6. The van der Waals surface area contributed by atoms with E-state index in [0.29, 0.717) is 28.6 Å². The summed E-state index contributed by atoms with van der Waals surface area (Å²) in [5.74, 6) is 0.464. The Labute approximate surface area is 159 Å². The van der Waals surface area contributed by atoms with Crippen LogP contribution in [-0.2, 0) is 4.74 Å². The summed E-state index contributed by atoms with van der Waals surface area (Å²) in [4.78, 5) is 12.4. The fourth-order valence-corrected chi connectivity index (χ4v) is 2.79. The van der Waals surface area contributed by atoms with E-state index in [2.05, 4.69) is 10.6 Å². The minimum absolute atomic E-state index is 0. The number of benzene rings is 1. The van der Waals surface area contributed by atoms with Gasteiger partial charge in [0, 0.05) is 32.2 Å². The van der Waals surface area contributed by atoms with Crippen molar-refractivity contribution in [2.75, 3.05) is 39.6 Å². The monoisotopic (exact) mass is 399 g/mol. The second kappa shape index (κ2) is 10.8. The number of methoxy groups -OCH3 is 2. The summed E-state index contributed by atoms with van der Waals surface area (Å²) in [5.41, 5.74) is 6.49. The Bertz CT molecular complexity index is 546. The molecule has 9 heteroatoms. The minimum atomic E-state index is -0.230. The van der Waals surface area contributed by atoms with Crippen LogP contribution >= 0.6 is 36.4 Å². The maximum Gasteiger partial charge on any atom is 0.255 e. The third kappa shape index (κ3) is 5.57. The van der Waals surface area contributed by atoms with Gasteiger partial charge in [-0.3, -0.25) is 4.79 Å². The molecule has 1 aliphatic heterocycles. The van der Waals surface area contributed by atoms with E-state index in [1.165, 1.54) is 13.2 Å². The van der Waals surface area contributed by atoms with Gasteiger partial charge in [0.15, 0.2) is 0 Å². The van der Waals surface area contributed by atoms with E-state index >= 15 is 0 Å². The summed E-state index contributed by atoms with van der Waals surface area (Å²) in [6.45, 7) is 2.27. The average molecular weight is 401 g/mol. The lowest BCUT2D eigenvalue weighted by molar-refractivity contribution is 0.0338. The number of nitrogen functional groups attached to an aromatic ring is 1. The molecule has 0 aromatic heterocycles. The number of nitrogens with two attached hydrogens (primary N) is 1. The Morgan fingerprint density at radius 2 is 2.12 bits per heavy atom. The molecule has 2 atom stereocenters. The van der Waals surface area contributed by atoms with Gasteiger partial charge >= 0.3 is 0 Å². The van der Waals surface area contributed by atoms with Gasteiger partial charge in [-0.15, -0.1) is 24.8 Å². The fourth-order valence-electron chi connectivity index (χ4n) is 2.63. The second-order valence-electron chi connectivity index (χ2n) is 5.31. The second-order valence-corrected chi connectivity index (χ2v) is 5.72. The molecule has 1 amide bonds. The normalized spacial score (nSPS) is 19.6. The Balaban J connectivity index is 0.00000264. The number of halogens is 3. The fraction of sp³-hybridized carbons (Fsp3) is 0.533. The highest BCUT2D eigenvalue weighted by Gasteiger charge is 2.25. The molecule has 1 aromatic rings. The highest BCUT2D eigenvalue weighted by Crippen LogP contribution is 2.28. The molecular formula is C15H24Cl3N3O3. The predicted octanol–water partition coefficient (Wildman–Crippen LogP) is 2.13. The molecular weight excluding hydrogens is 377 g/mol. The summed E-state index contributed by atoms with van der Waals surface area (Å²) in [6, 6.07) is 3.08. The first kappa shape index (κ1) is 23.1. The van der Waals surface area contributed by atoms with Gasteiger partial charge < -0.3 is 25.8 Å². The largest absolute Gasteiger partial charge is 0.496 e. The van der Waals surface area contributed by atoms with Crippen molar-refractivity contribution in [3.8, 4) is 5.75 Å². The molecule has 1 fully saturated rings. The zero-order chi connectivity index (χ0) is 16.1. The highest BCUT2D eigenvalue weighted by atomic mass is 35.5. The van der Waals surface area contributed by atoms with Crippen LogP contribution in [0.5, 0.6) is 5.75 Å². The Kier molecular flexibility index (Phi) is 10.4. The van der Waals surface area contributed by atoms with Crippen LogP contribution in [0.3, 0.4) is 0 Å². The molecule has 4 N–H and O–H groups in total. The molecule has 1 saturated heterocycles. The number of piperidine rings is 1. The molecule has 0 radical (unpaired) electrons. The number of nitrogens with one attached hydrogen (secondary N) is 2. The van der Waals surface area contributed by atoms with Crippen molar-refractivity contribution in [1.82, 2.24) is 10.6 Å². The van der Waals surface area contributed by atoms with Crippen LogP contribution in [0.1, 0.15) is 16.8 Å². The zero-order valence-electron chi connectivity index (χ0n) is 13.6. The zero-order valence-corrected chi connectivity index (χ0v) is 16.0. The summed E-state index contributed by atoms with van der Waals surface area (Å²) in [6.07, 6.45) is 1.06. The van der Waals surface area contributed by atoms with Crippen molar-refractivity contribution in [1.29, 1.82) is 0 Å². The molecule has 0 saturated carbocycles. The third-order valence-electron chi connectivity index (χ3n) is 3.95. The van der Waals surface area contributed by atoms with Crippen LogP contribution in [-0.4, -0.2) is 45.9 Å². The van der Waals surface area contributed by atoms with Gasteiger partial charge in [-0.05, 0) is 19.0 Å². The van der Waals surface area contributed by atoms with Gasteiger partial charge in [0.05, 0.1) is 29.5 Å². The summed E-state index contributed by atoms with van der Waals surface area (Å²) in [5, 5.41) is 6.54. The molecule has 6 nitrogen and oxygen atoms in total. The summed E-state index contributed by atoms with van der Waals surface area (Å²) in [7, 11) is 3.18. The molecule has 0 spiro atoms. The van der Waals surface area contributed by atoms with E-state index in [9.17, 15) is 4.79 Å². The topological polar surface area (TPSA) is 85.6 Å². The Hall–Kier alpha value is -0.920. The Morgan fingerprint density at radius 1 is 1.42 bits per heavy atom. The van der Waals surface area contributed by atoms with Crippen LogP contribution in [0.2, 0.25) is 5.02 Å². The number of ether oxygens (including phenoxy) is 2. The SMILES string of the molecule is COc1cc(N)c(Cl)cc1C(=O)NC[C@H]1CCNC[C@H]1OC.Cl.Cl. The van der Waals surface area contributed by atoms with Crippen molar-refractivity contribution >= 4 is 48.0 Å². The quantitative estimate of drug-likeness (QED) is 0.659. The highest BCUT2D eigenvalue weighted by molar-refractivity contribution is 6.33. The van der Waals surface area contributed by atoms with E-state index < -0.39 is 0 Å². The van der Waals surface area contributed by atoms with Crippen molar-refractivity contribution in [2.24, 2.45) is 5.92 Å². The van der Waals surface area contributed by atoms with Crippen molar-refractivity contribution in [3.63, 3.8) is 0 Å².